The Morgan fingerprint density at radius 3 is 2.50 bits per heavy atom. The van der Waals surface area contributed by atoms with Crippen molar-refractivity contribution in [1.82, 2.24) is 5.32 Å². The number of hydrogen-bond donors (Lipinski definition) is 3. The molecule has 138 valence electrons. The van der Waals surface area contributed by atoms with Gasteiger partial charge in [-0.2, -0.15) is 0 Å². The zero-order valence-corrected chi connectivity index (χ0v) is 13.6. The Kier molecular flexibility index (Phi) is 7.39. The van der Waals surface area contributed by atoms with Gasteiger partial charge < -0.3 is 20.6 Å². The van der Waals surface area contributed by atoms with Crippen LogP contribution in [0.15, 0.2) is 67.0 Å². The molecular weight excluding hydrogens is 349 g/mol. The number of allylic oxidation sites excluding steroid dienone is 3. The molecular formula is C18H17F3N2O3. The molecule has 0 radical (unpaired) electrons. The summed E-state index contributed by atoms with van der Waals surface area (Å²) in [4.78, 5) is 9.80. The lowest BCUT2D eigenvalue weighted by molar-refractivity contribution is -0.274. The van der Waals surface area contributed by atoms with E-state index in [0.29, 0.717) is 22.4 Å². The number of dihydropyridines is 1. The SMILES string of the molecule is C=C(C=N)CC(=O)O.C=C1C=C(c2ccccc2OC(F)(F)F)C=CN1. The molecule has 0 saturated heterocycles. The summed E-state index contributed by atoms with van der Waals surface area (Å²) in [6, 6.07) is 5.99. The molecule has 26 heavy (non-hydrogen) atoms. The van der Waals surface area contributed by atoms with E-state index in [-0.39, 0.29) is 12.2 Å². The number of para-hydroxylation sites is 1. The van der Waals surface area contributed by atoms with E-state index in [4.69, 9.17) is 10.5 Å². The van der Waals surface area contributed by atoms with Crippen molar-refractivity contribution in [3.05, 3.63) is 72.6 Å². The highest BCUT2D eigenvalue weighted by atomic mass is 19.4. The third-order valence-corrected chi connectivity index (χ3v) is 2.87. The summed E-state index contributed by atoms with van der Waals surface area (Å²) in [5, 5.41) is 17.4. The minimum Gasteiger partial charge on any atom is -0.481 e. The van der Waals surface area contributed by atoms with Crippen LogP contribution in [-0.4, -0.2) is 23.7 Å². The number of benzene rings is 1. The first-order chi connectivity index (χ1) is 12.1. The Bertz CT molecular complexity index is 765. The number of ether oxygens (including phenoxy) is 1. The number of alkyl halides is 3. The average Bonchev–Trinajstić information content (AvgIpc) is 2.54. The van der Waals surface area contributed by atoms with Gasteiger partial charge in [-0.25, -0.2) is 0 Å². The number of halogens is 3. The van der Waals surface area contributed by atoms with Gasteiger partial charge in [0, 0.05) is 23.7 Å². The molecule has 0 atom stereocenters. The molecule has 3 N–H and O–H groups in total. The Hall–Kier alpha value is -3.29. The van der Waals surface area contributed by atoms with Crippen molar-refractivity contribution in [3.8, 4) is 5.75 Å². The van der Waals surface area contributed by atoms with Crippen LogP contribution < -0.4 is 10.1 Å². The van der Waals surface area contributed by atoms with Gasteiger partial charge in [0.05, 0.1) is 6.42 Å². The molecule has 0 amide bonds. The van der Waals surface area contributed by atoms with Crippen molar-refractivity contribution in [3.63, 3.8) is 0 Å². The maximum atomic E-state index is 12.3. The molecule has 0 unspecified atom stereocenters. The molecule has 0 fully saturated rings. The van der Waals surface area contributed by atoms with Crippen molar-refractivity contribution in [1.29, 1.82) is 5.41 Å². The van der Waals surface area contributed by atoms with Crippen molar-refractivity contribution >= 4 is 17.8 Å². The topological polar surface area (TPSA) is 82.4 Å². The fourth-order valence-electron chi connectivity index (χ4n) is 1.85. The van der Waals surface area contributed by atoms with E-state index in [2.05, 4.69) is 23.2 Å². The highest BCUT2D eigenvalue weighted by Crippen LogP contribution is 2.32. The molecule has 0 aromatic heterocycles. The van der Waals surface area contributed by atoms with Crippen LogP contribution in [0.25, 0.3) is 5.57 Å². The monoisotopic (exact) mass is 366 g/mol. The van der Waals surface area contributed by atoms with E-state index in [1.165, 1.54) is 12.1 Å². The molecule has 8 heteroatoms. The molecule has 2 rings (SSSR count). The van der Waals surface area contributed by atoms with E-state index in [0.717, 1.165) is 6.21 Å². The Labute approximate surface area is 148 Å². The lowest BCUT2D eigenvalue weighted by Gasteiger charge is -2.16. The fraction of sp³-hybridized carbons (Fsp3) is 0.111. The summed E-state index contributed by atoms with van der Waals surface area (Å²) in [6.45, 7) is 6.98. The summed E-state index contributed by atoms with van der Waals surface area (Å²) in [6.07, 6.45) is 1.02. The summed E-state index contributed by atoms with van der Waals surface area (Å²) >= 11 is 0. The molecule has 5 nitrogen and oxygen atoms in total. The lowest BCUT2D eigenvalue weighted by Crippen LogP contribution is -2.18. The molecule has 0 bridgehead atoms. The van der Waals surface area contributed by atoms with Crippen LogP contribution in [-0.2, 0) is 4.79 Å². The van der Waals surface area contributed by atoms with Gasteiger partial charge in [0.25, 0.3) is 0 Å². The second-order valence-corrected chi connectivity index (χ2v) is 5.02. The molecule has 1 aromatic carbocycles. The number of rotatable bonds is 5. The fourth-order valence-corrected chi connectivity index (χ4v) is 1.85. The zero-order chi connectivity index (χ0) is 19.7. The van der Waals surface area contributed by atoms with Gasteiger partial charge in [0.15, 0.2) is 0 Å². The molecule has 1 heterocycles. The molecule has 1 aliphatic heterocycles. The van der Waals surface area contributed by atoms with Crippen molar-refractivity contribution < 1.29 is 27.8 Å². The number of hydrogen-bond acceptors (Lipinski definition) is 4. The third kappa shape index (κ3) is 7.52. The van der Waals surface area contributed by atoms with Gasteiger partial charge >= 0.3 is 12.3 Å². The third-order valence-electron chi connectivity index (χ3n) is 2.87. The quantitative estimate of drug-likeness (QED) is 0.680. The van der Waals surface area contributed by atoms with E-state index in [9.17, 15) is 18.0 Å². The van der Waals surface area contributed by atoms with Crippen molar-refractivity contribution in [2.45, 2.75) is 12.8 Å². The van der Waals surface area contributed by atoms with E-state index in [1.807, 2.05) is 0 Å². The number of carboxylic acids is 1. The van der Waals surface area contributed by atoms with Gasteiger partial charge in [0.2, 0.25) is 0 Å². The highest BCUT2D eigenvalue weighted by Gasteiger charge is 2.32. The lowest BCUT2D eigenvalue weighted by atomic mass is 10.0. The number of nitrogens with one attached hydrogen (secondary N) is 2. The smallest absolute Gasteiger partial charge is 0.481 e. The molecule has 1 aliphatic rings. The minimum absolute atomic E-state index is 0.135. The van der Waals surface area contributed by atoms with Crippen LogP contribution in [0.2, 0.25) is 0 Å². The van der Waals surface area contributed by atoms with Crippen LogP contribution in [0, 0.1) is 5.41 Å². The standard InChI is InChI=1S/C13H10F3NO.C5H7NO2/c1-9-8-10(6-7-17-9)11-4-2-3-5-12(11)18-13(14,15)16;1-4(3-6)2-5(7)8/h2-8,17H,1H2;3,6H,1-2H2,(H,7,8). The maximum Gasteiger partial charge on any atom is 0.573 e. The summed E-state index contributed by atoms with van der Waals surface area (Å²) in [5.41, 5.74) is 1.90. The second kappa shape index (κ2) is 9.26. The number of carbonyl (C=O) groups is 1. The number of aliphatic carboxylic acids is 1. The highest BCUT2D eigenvalue weighted by molar-refractivity contribution is 5.84. The molecule has 1 aromatic rings. The Balaban J connectivity index is 0.000000359. The van der Waals surface area contributed by atoms with E-state index >= 15 is 0 Å². The van der Waals surface area contributed by atoms with Crippen LogP contribution in [0.1, 0.15) is 12.0 Å². The number of carboxylic acid groups (broad SMARTS) is 1. The predicted molar refractivity (Wildman–Crippen MR) is 92.7 cm³/mol. The van der Waals surface area contributed by atoms with Crippen LogP contribution in [0.3, 0.4) is 0 Å². The molecule has 0 spiro atoms. The average molecular weight is 366 g/mol. The maximum absolute atomic E-state index is 12.3. The normalized spacial score (nSPS) is 12.9. The first-order valence-corrected chi connectivity index (χ1v) is 7.21. The second-order valence-electron chi connectivity index (χ2n) is 5.02. The van der Waals surface area contributed by atoms with Crippen LogP contribution in [0.4, 0.5) is 13.2 Å². The largest absolute Gasteiger partial charge is 0.573 e. The van der Waals surface area contributed by atoms with Crippen molar-refractivity contribution in [2.75, 3.05) is 0 Å². The first kappa shape index (κ1) is 20.8. The molecule has 0 aliphatic carbocycles. The molecule has 0 saturated carbocycles. The van der Waals surface area contributed by atoms with Gasteiger partial charge in [-0.15, -0.1) is 13.2 Å². The zero-order valence-electron chi connectivity index (χ0n) is 13.6. The van der Waals surface area contributed by atoms with Gasteiger partial charge in [0.1, 0.15) is 5.75 Å². The first-order valence-electron chi connectivity index (χ1n) is 7.21. The van der Waals surface area contributed by atoms with Gasteiger partial charge in [-0.3, -0.25) is 4.79 Å². The van der Waals surface area contributed by atoms with E-state index < -0.39 is 12.3 Å². The van der Waals surface area contributed by atoms with Gasteiger partial charge in [-0.05, 0) is 29.4 Å². The van der Waals surface area contributed by atoms with Gasteiger partial charge in [-0.1, -0.05) is 31.4 Å². The van der Waals surface area contributed by atoms with Crippen LogP contribution in [0.5, 0.6) is 5.75 Å². The predicted octanol–water partition coefficient (Wildman–Crippen LogP) is 4.27. The Morgan fingerprint density at radius 1 is 1.35 bits per heavy atom. The minimum atomic E-state index is -4.70. The van der Waals surface area contributed by atoms with Crippen LogP contribution >= 0.6 is 0 Å². The van der Waals surface area contributed by atoms with Crippen molar-refractivity contribution in [2.24, 2.45) is 0 Å². The summed E-state index contributed by atoms with van der Waals surface area (Å²) in [5.74, 6) is -1.17. The Morgan fingerprint density at radius 2 is 2.00 bits per heavy atom. The summed E-state index contributed by atoms with van der Waals surface area (Å²) < 4.78 is 40.8. The summed E-state index contributed by atoms with van der Waals surface area (Å²) in [7, 11) is 0. The van der Waals surface area contributed by atoms with E-state index in [1.54, 1.807) is 30.5 Å².